The molecule has 15 heavy (non-hydrogen) atoms. The van der Waals surface area contributed by atoms with Gasteiger partial charge in [-0.05, 0) is 6.92 Å². The minimum atomic E-state index is -0.244. The predicted molar refractivity (Wildman–Crippen MR) is 55.5 cm³/mol. The third-order valence-electron chi connectivity index (χ3n) is 2.06. The molecule has 0 saturated carbocycles. The van der Waals surface area contributed by atoms with Crippen molar-refractivity contribution >= 4 is 5.78 Å². The fourth-order valence-corrected chi connectivity index (χ4v) is 1.22. The van der Waals surface area contributed by atoms with Gasteiger partial charge < -0.3 is 15.2 Å². The number of carbonyl (C=O) groups is 1. The number of pyridine rings is 1. The summed E-state index contributed by atoms with van der Waals surface area (Å²) in [5.41, 5.74) is 6.27. The first-order valence-corrected chi connectivity index (χ1v) is 4.47. The van der Waals surface area contributed by atoms with Crippen LogP contribution in [0.4, 0.5) is 0 Å². The molecule has 0 atom stereocenters. The molecule has 1 aromatic rings. The van der Waals surface area contributed by atoms with Crippen molar-refractivity contribution in [2.45, 2.75) is 6.92 Å². The second-order valence-electron chi connectivity index (χ2n) is 2.97. The van der Waals surface area contributed by atoms with Crippen molar-refractivity contribution in [1.82, 2.24) is 4.98 Å². The highest BCUT2D eigenvalue weighted by atomic mass is 16.5. The number of ether oxygens (including phenoxy) is 2. The van der Waals surface area contributed by atoms with Crippen molar-refractivity contribution < 1.29 is 14.3 Å². The molecule has 5 nitrogen and oxygen atoms in total. The SMILES string of the molecule is COc1cc(C(=O)CN)nc(OC)c1C. The molecule has 0 aliphatic rings. The minimum Gasteiger partial charge on any atom is -0.496 e. The number of methoxy groups -OCH3 is 2. The molecule has 0 amide bonds. The molecule has 5 heteroatoms. The van der Waals surface area contributed by atoms with Gasteiger partial charge in [0.15, 0.2) is 5.78 Å². The van der Waals surface area contributed by atoms with E-state index >= 15 is 0 Å². The lowest BCUT2D eigenvalue weighted by Crippen LogP contribution is -2.15. The Kier molecular flexibility index (Phi) is 3.62. The number of nitrogens with zero attached hydrogens (tertiary/aromatic N) is 1. The molecular weight excluding hydrogens is 196 g/mol. The van der Waals surface area contributed by atoms with Crippen molar-refractivity contribution in [3.8, 4) is 11.6 Å². The van der Waals surface area contributed by atoms with E-state index < -0.39 is 0 Å². The molecule has 0 radical (unpaired) electrons. The van der Waals surface area contributed by atoms with Gasteiger partial charge in [-0.25, -0.2) is 4.98 Å². The zero-order valence-electron chi connectivity index (χ0n) is 9.03. The number of carbonyl (C=O) groups excluding carboxylic acids is 1. The van der Waals surface area contributed by atoms with E-state index in [1.165, 1.54) is 14.2 Å². The Hall–Kier alpha value is -1.62. The minimum absolute atomic E-state index is 0.0810. The first-order valence-electron chi connectivity index (χ1n) is 4.47. The molecule has 0 saturated heterocycles. The molecule has 0 aliphatic heterocycles. The largest absolute Gasteiger partial charge is 0.496 e. The lowest BCUT2D eigenvalue weighted by molar-refractivity contribution is 0.0995. The molecule has 0 aliphatic carbocycles. The van der Waals surface area contributed by atoms with Gasteiger partial charge in [-0.15, -0.1) is 0 Å². The monoisotopic (exact) mass is 210 g/mol. The highest BCUT2D eigenvalue weighted by Gasteiger charge is 2.13. The number of Topliss-reactive ketones (excluding diaryl/α,β-unsaturated/α-hetero) is 1. The first kappa shape index (κ1) is 11.5. The van der Waals surface area contributed by atoms with Gasteiger partial charge in [-0.2, -0.15) is 0 Å². The molecule has 0 aromatic carbocycles. The van der Waals surface area contributed by atoms with E-state index in [1.54, 1.807) is 13.0 Å². The van der Waals surface area contributed by atoms with E-state index in [1.807, 2.05) is 0 Å². The number of hydrogen-bond acceptors (Lipinski definition) is 5. The Morgan fingerprint density at radius 2 is 2.13 bits per heavy atom. The predicted octanol–water partition coefficient (Wildman–Crippen LogP) is 0.549. The molecule has 1 heterocycles. The van der Waals surface area contributed by atoms with Crippen molar-refractivity contribution in [1.29, 1.82) is 0 Å². The van der Waals surface area contributed by atoms with Gasteiger partial charge in [-0.3, -0.25) is 4.79 Å². The van der Waals surface area contributed by atoms with Crippen molar-refractivity contribution in [3.05, 3.63) is 17.3 Å². The van der Waals surface area contributed by atoms with Crippen LogP contribution in [-0.2, 0) is 0 Å². The van der Waals surface area contributed by atoms with Crippen molar-refractivity contribution in [2.24, 2.45) is 5.73 Å². The van der Waals surface area contributed by atoms with Gasteiger partial charge in [0.1, 0.15) is 11.4 Å². The van der Waals surface area contributed by atoms with Crippen LogP contribution in [0, 0.1) is 6.92 Å². The van der Waals surface area contributed by atoms with Gasteiger partial charge in [0.2, 0.25) is 5.88 Å². The first-order chi connectivity index (χ1) is 7.13. The van der Waals surface area contributed by atoms with Gasteiger partial charge in [0, 0.05) is 6.07 Å². The normalized spacial score (nSPS) is 9.87. The Balaban J connectivity index is 3.26. The van der Waals surface area contributed by atoms with E-state index in [0.717, 1.165) is 5.56 Å². The van der Waals surface area contributed by atoms with E-state index in [9.17, 15) is 4.79 Å². The Morgan fingerprint density at radius 1 is 1.47 bits per heavy atom. The summed E-state index contributed by atoms with van der Waals surface area (Å²) in [4.78, 5) is 15.4. The van der Waals surface area contributed by atoms with Crippen LogP contribution in [0.25, 0.3) is 0 Å². The summed E-state index contributed by atoms with van der Waals surface area (Å²) in [6.07, 6.45) is 0. The number of hydrogen-bond donors (Lipinski definition) is 1. The van der Waals surface area contributed by atoms with Crippen LogP contribution in [0.2, 0.25) is 0 Å². The molecule has 2 N–H and O–H groups in total. The lowest BCUT2D eigenvalue weighted by Gasteiger charge is -2.10. The molecule has 1 rings (SSSR count). The summed E-state index contributed by atoms with van der Waals surface area (Å²) in [6, 6.07) is 1.56. The molecule has 0 fully saturated rings. The average molecular weight is 210 g/mol. The maximum absolute atomic E-state index is 11.4. The number of nitrogens with two attached hydrogens (primary N) is 1. The fraction of sp³-hybridized carbons (Fsp3) is 0.400. The molecule has 0 bridgehead atoms. The standard InChI is InChI=1S/C10H14N2O3/c1-6-9(14-2)4-7(8(13)5-11)12-10(6)15-3/h4H,5,11H2,1-3H3. The van der Waals surface area contributed by atoms with Crippen LogP contribution in [0.1, 0.15) is 16.1 Å². The van der Waals surface area contributed by atoms with Gasteiger partial charge >= 0.3 is 0 Å². The Bertz CT molecular complexity index is 352. The Labute approximate surface area is 88.2 Å². The van der Waals surface area contributed by atoms with E-state index in [2.05, 4.69) is 4.98 Å². The van der Waals surface area contributed by atoms with E-state index in [0.29, 0.717) is 11.6 Å². The average Bonchev–Trinajstić information content (AvgIpc) is 2.28. The number of aromatic nitrogens is 1. The van der Waals surface area contributed by atoms with Crippen LogP contribution in [0.3, 0.4) is 0 Å². The quantitative estimate of drug-likeness (QED) is 0.734. The highest BCUT2D eigenvalue weighted by Crippen LogP contribution is 2.26. The van der Waals surface area contributed by atoms with Crippen molar-refractivity contribution in [2.75, 3.05) is 20.8 Å². The molecule has 82 valence electrons. The smallest absolute Gasteiger partial charge is 0.220 e. The summed E-state index contributed by atoms with van der Waals surface area (Å²) in [5, 5.41) is 0. The number of ketones is 1. The van der Waals surface area contributed by atoms with Crippen LogP contribution >= 0.6 is 0 Å². The zero-order chi connectivity index (χ0) is 11.4. The topological polar surface area (TPSA) is 74.4 Å². The fourth-order valence-electron chi connectivity index (χ4n) is 1.22. The third-order valence-corrected chi connectivity index (χ3v) is 2.06. The van der Waals surface area contributed by atoms with E-state index in [4.69, 9.17) is 15.2 Å². The summed E-state index contributed by atoms with van der Waals surface area (Å²) in [6.45, 7) is 1.73. The van der Waals surface area contributed by atoms with Crippen molar-refractivity contribution in [3.63, 3.8) is 0 Å². The maximum atomic E-state index is 11.4. The number of rotatable bonds is 4. The third kappa shape index (κ3) is 2.24. The van der Waals surface area contributed by atoms with Crippen LogP contribution < -0.4 is 15.2 Å². The summed E-state index contributed by atoms with van der Waals surface area (Å²) >= 11 is 0. The molecule has 1 aromatic heterocycles. The van der Waals surface area contributed by atoms with Gasteiger partial charge in [0.05, 0.1) is 26.3 Å². The second kappa shape index (κ2) is 4.75. The molecular formula is C10H14N2O3. The van der Waals surface area contributed by atoms with Gasteiger partial charge in [-0.1, -0.05) is 0 Å². The van der Waals surface area contributed by atoms with Gasteiger partial charge in [0.25, 0.3) is 0 Å². The highest BCUT2D eigenvalue weighted by molar-refractivity contribution is 5.96. The maximum Gasteiger partial charge on any atom is 0.220 e. The molecule has 0 spiro atoms. The van der Waals surface area contributed by atoms with Crippen LogP contribution in [-0.4, -0.2) is 31.5 Å². The summed E-state index contributed by atoms with van der Waals surface area (Å²) in [5.74, 6) is 0.705. The van der Waals surface area contributed by atoms with E-state index in [-0.39, 0.29) is 18.0 Å². The summed E-state index contributed by atoms with van der Waals surface area (Å²) in [7, 11) is 3.02. The Morgan fingerprint density at radius 3 is 2.60 bits per heavy atom. The summed E-state index contributed by atoms with van der Waals surface area (Å²) < 4.78 is 10.1. The second-order valence-corrected chi connectivity index (χ2v) is 2.97. The zero-order valence-corrected chi connectivity index (χ0v) is 9.03. The van der Waals surface area contributed by atoms with Crippen LogP contribution in [0.15, 0.2) is 6.07 Å². The lowest BCUT2D eigenvalue weighted by atomic mass is 10.2. The van der Waals surface area contributed by atoms with Crippen LogP contribution in [0.5, 0.6) is 11.6 Å². The molecule has 0 unspecified atom stereocenters.